The van der Waals surface area contributed by atoms with Crippen LogP contribution in [-0.2, 0) is 0 Å². The smallest absolute Gasteiger partial charge is 0.270 e. The Kier molecular flexibility index (Phi) is 5.15. The van der Waals surface area contributed by atoms with Gasteiger partial charge in [-0.05, 0) is 51.1 Å². The van der Waals surface area contributed by atoms with Crippen molar-refractivity contribution in [2.45, 2.75) is 26.8 Å². The van der Waals surface area contributed by atoms with Crippen molar-refractivity contribution in [1.82, 2.24) is 9.97 Å². The van der Waals surface area contributed by atoms with E-state index in [1.165, 1.54) is 11.3 Å². The Morgan fingerprint density at radius 2 is 2.04 bits per heavy atom. The minimum Gasteiger partial charge on any atom is -0.305 e. The number of pyridine rings is 1. The van der Waals surface area contributed by atoms with Crippen LogP contribution >= 0.6 is 11.3 Å². The van der Waals surface area contributed by atoms with E-state index in [4.69, 9.17) is 6.42 Å². The number of amides is 1. The molecule has 0 saturated heterocycles. The van der Waals surface area contributed by atoms with Gasteiger partial charge in [0.25, 0.3) is 5.91 Å². The molecule has 2 aromatic heterocycles. The average molecular weight is 361 g/mol. The fraction of sp³-hybridized carbons (Fsp3) is 0.190. The second-order valence-electron chi connectivity index (χ2n) is 6.11. The van der Waals surface area contributed by atoms with Crippen molar-refractivity contribution in [1.29, 1.82) is 0 Å². The molecule has 0 N–H and O–H groups in total. The molecular weight excluding hydrogens is 342 g/mol. The van der Waals surface area contributed by atoms with Crippen LogP contribution in [0.15, 0.2) is 48.7 Å². The predicted molar refractivity (Wildman–Crippen MR) is 106 cm³/mol. The Bertz CT molecular complexity index is 970. The lowest BCUT2D eigenvalue weighted by Gasteiger charge is -2.26. The summed E-state index contributed by atoms with van der Waals surface area (Å²) in [6.07, 6.45) is 7.23. The maximum Gasteiger partial charge on any atom is 0.270 e. The lowest BCUT2D eigenvalue weighted by molar-refractivity contribution is 0.0983. The summed E-state index contributed by atoms with van der Waals surface area (Å²) in [5, 5.41) is 0.743. The number of anilines is 1. The van der Waals surface area contributed by atoms with Crippen LogP contribution in [0.4, 0.5) is 5.69 Å². The summed E-state index contributed by atoms with van der Waals surface area (Å²) in [6.45, 7) is 5.82. The zero-order valence-corrected chi connectivity index (χ0v) is 15.7. The van der Waals surface area contributed by atoms with E-state index in [1.807, 2.05) is 63.2 Å². The third-order valence-corrected chi connectivity index (χ3v) is 5.07. The molecule has 0 atom stereocenters. The second kappa shape index (κ2) is 7.51. The number of nitrogens with zero attached hydrogens (tertiary/aromatic N) is 3. The standard InChI is InChI=1S/C21H19N3OS/c1-5-16-9-8-10-17(13-16)24(14(2)3)21(25)19-15(4)23-20(26-19)18-11-6-7-12-22-18/h1,6-14H,2-4H3. The highest BCUT2D eigenvalue weighted by Gasteiger charge is 2.25. The van der Waals surface area contributed by atoms with E-state index in [2.05, 4.69) is 15.9 Å². The highest BCUT2D eigenvalue weighted by Crippen LogP contribution is 2.30. The summed E-state index contributed by atoms with van der Waals surface area (Å²) in [4.78, 5) is 24.5. The van der Waals surface area contributed by atoms with E-state index in [1.54, 1.807) is 11.1 Å². The quantitative estimate of drug-likeness (QED) is 0.641. The highest BCUT2D eigenvalue weighted by atomic mass is 32.1. The number of thiazole rings is 1. The molecule has 0 bridgehead atoms. The Hall–Kier alpha value is -2.97. The first-order valence-electron chi connectivity index (χ1n) is 8.30. The van der Waals surface area contributed by atoms with Crippen molar-refractivity contribution >= 4 is 22.9 Å². The summed E-state index contributed by atoms with van der Waals surface area (Å²) in [7, 11) is 0. The van der Waals surface area contributed by atoms with Crippen molar-refractivity contribution in [3.63, 3.8) is 0 Å². The number of aromatic nitrogens is 2. The van der Waals surface area contributed by atoms with Gasteiger partial charge in [-0.15, -0.1) is 17.8 Å². The number of aryl methyl sites for hydroxylation is 1. The molecule has 0 spiro atoms. The van der Waals surface area contributed by atoms with Crippen molar-refractivity contribution in [2.24, 2.45) is 0 Å². The zero-order chi connectivity index (χ0) is 18.7. The molecular formula is C21H19N3OS. The average Bonchev–Trinajstić information content (AvgIpc) is 3.04. The fourth-order valence-corrected chi connectivity index (χ4v) is 3.68. The number of terminal acetylenes is 1. The first kappa shape index (κ1) is 17.8. The zero-order valence-electron chi connectivity index (χ0n) is 14.9. The molecule has 1 aromatic carbocycles. The van der Waals surface area contributed by atoms with Crippen LogP contribution in [0.3, 0.4) is 0 Å². The third kappa shape index (κ3) is 3.51. The van der Waals surface area contributed by atoms with Gasteiger partial charge in [-0.1, -0.05) is 18.1 Å². The van der Waals surface area contributed by atoms with Crippen molar-refractivity contribution < 1.29 is 4.79 Å². The van der Waals surface area contributed by atoms with Gasteiger partial charge in [0.05, 0.1) is 11.4 Å². The molecule has 0 saturated carbocycles. The van der Waals surface area contributed by atoms with Crippen molar-refractivity contribution in [3.05, 3.63) is 64.8 Å². The van der Waals surface area contributed by atoms with Crippen LogP contribution in [0.5, 0.6) is 0 Å². The Labute approximate surface area is 157 Å². The molecule has 0 unspecified atom stereocenters. The molecule has 130 valence electrons. The maximum atomic E-state index is 13.3. The predicted octanol–water partition coefficient (Wildman–Crippen LogP) is 4.55. The second-order valence-corrected chi connectivity index (χ2v) is 7.11. The number of rotatable bonds is 4. The van der Waals surface area contributed by atoms with Gasteiger partial charge in [0, 0.05) is 23.5 Å². The number of hydrogen-bond donors (Lipinski definition) is 0. The van der Waals surface area contributed by atoms with Crippen LogP contribution in [-0.4, -0.2) is 21.9 Å². The van der Waals surface area contributed by atoms with Gasteiger partial charge in [0.2, 0.25) is 0 Å². The highest BCUT2D eigenvalue weighted by molar-refractivity contribution is 7.17. The van der Waals surface area contributed by atoms with Crippen LogP contribution in [0.2, 0.25) is 0 Å². The van der Waals surface area contributed by atoms with Gasteiger partial charge in [-0.25, -0.2) is 4.98 Å². The molecule has 5 heteroatoms. The molecule has 3 rings (SSSR count). The summed E-state index contributed by atoms with van der Waals surface area (Å²) in [6, 6.07) is 13.1. The molecule has 26 heavy (non-hydrogen) atoms. The Balaban J connectivity index is 2.01. The van der Waals surface area contributed by atoms with Crippen LogP contribution in [0.25, 0.3) is 10.7 Å². The molecule has 0 aliphatic rings. The number of hydrogen-bond acceptors (Lipinski definition) is 4. The first-order chi connectivity index (χ1) is 12.5. The molecule has 2 heterocycles. The fourth-order valence-electron chi connectivity index (χ4n) is 2.70. The van der Waals surface area contributed by atoms with Gasteiger partial charge in [-0.2, -0.15) is 0 Å². The topological polar surface area (TPSA) is 46.1 Å². The lowest BCUT2D eigenvalue weighted by Crippen LogP contribution is -2.37. The third-order valence-electron chi connectivity index (χ3n) is 3.90. The molecule has 3 aromatic rings. The van der Waals surface area contributed by atoms with E-state index < -0.39 is 0 Å². The van der Waals surface area contributed by atoms with E-state index >= 15 is 0 Å². The van der Waals surface area contributed by atoms with Crippen LogP contribution < -0.4 is 4.90 Å². The van der Waals surface area contributed by atoms with E-state index in [0.717, 1.165) is 22.0 Å². The summed E-state index contributed by atoms with van der Waals surface area (Å²) >= 11 is 1.37. The molecule has 1 amide bonds. The number of benzene rings is 1. The summed E-state index contributed by atoms with van der Waals surface area (Å²) < 4.78 is 0. The van der Waals surface area contributed by atoms with E-state index in [9.17, 15) is 4.79 Å². The first-order valence-corrected chi connectivity index (χ1v) is 9.12. The van der Waals surface area contributed by atoms with Crippen molar-refractivity contribution in [2.75, 3.05) is 4.90 Å². The van der Waals surface area contributed by atoms with E-state index in [0.29, 0.717) is 10.6 Å². The van der Waals surface area contributed by atoms with E-state index in [-0.39, 0.29) is 11.9 Å². The van der Waals surface area contributed by atoms with Gasteiger partial charge in [-0.3, -0.25) is 9.78 Å². The normalized spacial score (nSPS) is 10.6. The Morgan fingerprint density at radius 1 is 1.23 bits per heavy atom. The van der Waals surface area contributed by atoms with Gasteiger partial charge in [0.1, 0.15) is 9.88 Å². The Morgan fingerprint density at radius 3 is 2.69 bits per heavy atom. The van der Waals surface area contributed by atoms with Crippen LogP contribution in [0.1, 0.15) is 34.8 Å². The molecule has 0 radical (unpaired) electrons. The minimum atomic E-state index is -0.0775. The number of carbonyl (C=O) groups excluding carboxylic acids is 1. The monoisotopic (exact) mass is 361 g/mol. The molecule has 0 aliphatic carbocycles. The number of carbonyl (C=O) groups is 1. The molecule has 0 aliphatic heterocycles. The minimum absolute atomic E-state index is 0.0182. The molecule has 4 nitrogen and oxygen atoms in total. The summed E-state index contributed by atoms with van der Waals surface area (Å²) in [5.41, 5.74) is 3.01. The van der Waals surface area contributed by atoms with Gasteiger partial charge in [0.15, 0.2) is 0 Å². The summed E-state index contributed by atoms with van der Waals surface area (Å²) in [5.74, 6) is 2.54. The van der Waals surface area contributed by atoms with Crippen LogP contribution in [0, 0.1) is 19.3 Å². The van der Waals surface area contributed by atoms with Gasteiger partial charge >= 0.3 is 0 Å². The lowest BCUT2D eigenvalue weighted by atomic mass is 10.1. The SMILES string of the molecule is C#Cc1cccc(N(C(=O)c2sc(-c3ccccn3)nc2C)C(C)C)c1. The van der Waals surface area contributed by atoms with Gasteiger partial charge < -0.3 is 4.90 Å². The molecule has 0 fully saturated rings. The maximum absolute atomic E-state index is 13.3. The largest absolute Gasteiger partial charge is 0.305 e. The van der Waals surface area contributed by atoms with Crippen molar-refractivity contribution in [3.8, 4) is 23.0 Å².